The number of aromatic amines is 1. The van der Waals surface area contributed by atoms with Crippen molar-refractivity contribution in [1.82, 2.24) is 9.88 Å². The molecule has 0 bridgehead atoms. The quantitative estimate of drug-likeness (QED) is 0.471. The number of H-pyrrole nitrogens is 1. The summed E-state index contributed by atoms with van der Waals surface area (Å²) in [5.74, 6) is -1.09. The van der Waals surface area contributed by atoms with Gasteiger partial charge in [0.15, 0.2) is 5.75 Å². The largest absolute Gasteiger partial charge is 0.482 e. The molecule has 35 heavy (non-hydrogen) atoms. The van der Waals surface area contributed by atoms with Gasteiger partial charge in [-0.05, 0) is 51.2 Å². The average Bonchev–Trinajstić information content (AvgIpc) is 2.75. The highest BCUT2D eigenvalue weighted by Crippen LogP contribution is 2.24. The Morgan fingerprint density at radius 2 is 1.54 bits per heavy atom. The van der Waals surface area contributed by atoms with Crippen LogP contribution in [-0.4, -0.2) is 40.5 Å². The van der Waals surface area contributed by atoms with Crippen LogP contribution in [0, 0.1) is 11.8 Å². The Kier molecular flexibility index (Phi) is 9.69. The van der Waals surface area contributed by atoms with Crippen LogP contribution in [0.3, 0.4) is 0 Å². The molecule has 192 valence electrons. The highest BCUT2D eigenvalue weighted by molar-refractivity contribution is 5.97. The van der Waals surface area contributed by atoms with Crippen LogP contribution in [-0.2, 0) is 16.1 Å². The van der Waals surface area contributed by atoms with E-state index in [2.05, 4.69) is 4.98 Å². The van der Waals surface area contributed by atoms with Crippen LogP contribution in [0.4, 0.5) is 0 Å². The van der Waals surface area contributed by atoms with E-state index in [-0.39, 0.29) is 35.7 Å². The second-order valence-corrected chi connectivity index (χ2v) is 10.8. The molecular weight excluding hydrogens is 444 g/mol. The van der Waals surface area contributed by atoms with E-state index in [1.165, 1.54) is 0 Å². The van der Waals surface area contributed by atoms with Gasteiger partial charge >= 0.3 is 5.97 Å². The lowest BCUT2D eigenvalue weighted by molar-refractivity contribution is -0.156. The average molecular weight is 485 g/mol. The summed E-state index contributed by atoms with van der Waals surface area (Å²) in [6.07, 6.45) is 0. The maximum Gasteiger partial charge on any atom is 0.315 e. The van der Waals surface area contributed by atoms with Crippen molar-refractivity contribution in [1.29, 1.82) is 0 Å². The fourth-order valence-electron chi connectivity index (χ4n) is 3.64. The molecule has 0 aliphatic rings. The zero-order valence-electron chi connectivity index (χ0n) is 22.3. The number of ether oxygens (including phenoxy) is 2. The third-order valence-electron chi connectivity index (χ3n) is 5.15. The van der Waals surface area contributed by atoms with Gasteiger partial charge in [0, 0.05) is 18.8 Å². The molecule has 7 nitrogen and oxygen atoms in total. The number of rotatable bonds is 10. The van der Waals surface area contributed by atoms with E-state index in [1.807, 2.05) is 58.0 Å². The Balaban J connectivity index is 2.52. The van der Waals surface area contributed by atoms with Gasteiger partial charge in [-0.1, -0.05) is 58.0 Å². The molecule has 0 radical (unpaired) electrons. The number of aromatic nitrogens is 1. The van der Waals surface area contributed by atoms with E-state index in [9.17, 15) is 14.4 Å². The molecule has 1 unspecified atom stereocenters. The number of carbonyl (C=O) groups excluding carboxylic acids is 2. The lowest BCUT2D eigenvalue weighted by Gasteiger charge is -2.27. The number of nitrogens with zero attached hydrogens (tertiary/aromatic N) is 1. The number of amides is 1. The van der Waals surface area contributed by atoms with E-state index >= 15 is 0 Å². The van der Waals surface area contributed by atoms with Crippen molar-refractivity contribution < 1.29 is 19.1 Å². The van der Waals surface area contributed by atoms with Gasteiger partial charge in [0.25, 0.3) is 11.5 Å². The second-order valence-electron chi connectivity index (χ2n) is 10.8. The van der Waals surface area contributed by atoms with Crippen molar-refractivity contribution in [3.05, 3.63) is 63.6 Å². The first-order valence-electron chi connectivity index (χ1n) is 12.2. The summed E-state index contributed by atoms with van der Waals surface area (Å²) >= 11 is 0. The lowest BCUT2D eigenvalue weighted by Crippen LogP contribution is -2.38. The summed E-state index contributed by atoms with van der Waals surface area (Å²) in [4.78, 5) is 44.1. The molecule has 0 spiro atoms. The van der Waals surface area contributed by atoms with Gasteiger partial charge in [-0.15, -0.1) is 0 Å². The van der Waals surface area contributed by atoms with Gasteiger partial charge in [-0.25, -0.2) is 0 Å². The molecule has 1 aromatic carbocycles. The number of pyridine rings is 1. The summed E-state index contributed by atoms with van der Waals surface area (Å²) in [7, 11) is 0. The predicted octanol–water partition coefficient (Wildman–Crippen LogP) is 5.15. The van der Waals surface area contributed by atoms with Crippen molar-refractivity contribution >= 4 is 11.9 Å². The second kappa shape index (κ2) is 12.0. The van der Waals surface area contributed by atoms with Crippen LogP contribution in [0.2, 0.25) is 0 Å². The molecule has 0 aliphatic carbocycles. The molecule has 0 saturated carbocycles. The SMILES string of the molecule is CC(C)CN(CC(C)C)C(=O)c1cc(C(C)C(=O)OC(C)(C)C)[nH]c(=O)c1OCc1ccccc1. The van der Waals surface area contributed by atoms with Crippen molar-refractivity contribution in [2.24, 2.45) is 11.8 Å². The topological polar surface area (TPSA) is 88.7 Å². The van der Waals surface area contributed by atoms with E-state index in [0.717, 1.165) is 5.56 Å². The summed E-state index contributed by atoms with van der Waals surface area (Å²) in [5.41, 5.74) is 0.114. The van der Waals surface area contributed by atoms with Gasteiger partial charge in [-0.2, -0.15) is 0 Å². The first-order chi connectivity index (χ1) is 16.3. The smallest absolute Gasteiger partial charge is 0.315 e. The van der Waals surface area contributed by atoms with Crippen LogP contribution < -0.4 is 10.3 Å². The molecule has 0 saturated heterocycles. The van der Waals surface area contributed by atoms with E-state index in [4.69, 9.17) is 9.47 Å². The molecule has 1 heterocycles. The Labute approximate surface area is 208 Å². The Bertz CT molecular complexity index is 1040. The summed E-state index contributed by atoms with van der Waals surface area (Å²) in [5, 5.41) is 0. The lowest BCUT2D eigenvalue weighted by atomic mass is 10.0. The fraction of sp³-hybridized carbons (Fsp3) is 0.536. The van der Waals surface area contributed by atoms with Crippen LogP contribution in [0.1, 0.15) is 82.9 Å². The van der Waals surface area contributed by atoms with Crippen LogP contribution in [0.5, 0.6) is 5.75 Å². The molecule has 2 aromatic rings. The minimum absolute atomic E-state index is 0.0449. The van der Waals surface area contributed by atoms with Crippen molar-refractivity contribution in [3.8, 4) is 5.75 Å². The third-order valence-corrected chi connectivity index (χ3v) is 5.15. The number of hydrogen-bond donors (Lipinski definition) is 1. The molecule has 0 fully saturated rings. The monoisotopic (exact) mass is 484 g/mol. The predicted molar refractivity (Wildman–Crippen MR) is 138 cm³/mol. The van der Waals surface area contributed by atoms with Crippen LogP contribution in [0.25, 0.3) is 0 Å². The zero-order valence-corrected chi connectivity index (χ0v) is 22.3. The molecule has 1 amide bonds. The molecule has 1 atom stereocenters. The zero-order chi connectivity index (χ0) is 26.3. The first-order valence-corrected chi connectivity index (χ1v) is 12.2. The molecule has 1 N–H and O–H groups in total. The molecule has 0 aliphatic heterocycles. The van der Waals surface area contributed by atoms with E-state index < -0.39 is 23.0 Å². The fourth-order valence-corrected chi connectivity index (χ4v) is 3.64. The van der Waals surface area contributed by atoms with Crippen LogP contribution in [0.15, 0.2) is 41.2 Å². The third kappa shape index (κ3) is 8.57. The number of carbonyl (C=O) groups is 2. The first kappa shape index (κ1) is 28.1. The van der Waals surface area contributed by atoms with Crippen molar-refractivity contribution in [2.45, 2.75) is 73.5 Å². The minimum atomic E-state index is -0.764. The number of nitrogens with one attached hydrogen (secondary N) is 1. The van der Waals surface area contributed by atoms with Gasteiger partial charge in [0.05, 0.1) is 11.5 Å². The standard InChI is InChI=1S/C28H40N2O5/c1-18(2)15-30(16-19(3)4)26(32)22-14-23(20(5)27(33)35-28(6,7)8)29-25(31)24(22)34-17-21-12-10-9-11-13-21/h9-14,18-20H,15-17H2,1-8H3,(H,29,31). The summed E-state index contributed by atoms with van der Waals surface area (Å²) in [6.45, 7) is 16.4. The van der Waals surface area contributed by atoms with E-state index in [0.29, 0.717) is 18.8 Å². The highest BCUT2D eigenvalue weighted by Gasteiger charge is 2.29. The minimum Gasteiger partial charge on any atom is -0.482 e. The Hall–Kier alpha value is -3.09. The molecule has 2 rings (SSSR count). The van der Waals surface area contributed by atoms with Gasteiger partial charge in [0.1, 0.15) is 12.2 Å². The number of esters is 1. The normalized spacial score (nSPS) is 12.5. The van der Waals surface area contributed by atoms with Crippen molar-refractivity contribution in [3.63, 3.8) is 0 Å². The van der Waals surface area contributed by atoms with Gasteiger partial charge < -0.3 is 19.4 Å². The maximum absolute atomic E-state index is 13.8. The molecule has 7 heteroatoms. The highest BCUT2D eigenvalue weighted by atomic mass is 16.6. The van der Waals surface area contributed by atoms with E-state index in [1.54, 1.807) is 38.7 Å². The van der Waals surface area contributed by atoms with Crippen LogP contribution >= 0.6 is 0 Å². The Morgan fingerprint density at radius 3 is 2.06 bits per heavy atom. The maximum atomic E-state index is 13.8. The molecule has 1 aromatic heterocycles. The summed E-state index contributed by atoms with van der Waals surface area (Å²) < 4.78 is 11.4. The molecular formula is C28H40N2O5. The Morgan fingerprint density at radius 1 is 0.971 bits per heavy atom. The summed E-state index contributed by atoms with van der Waals surface area (Å²) in [6, 6.07) is 11.0. The van der Waals surface area contributed by atoms with Gasteiger partial charge in [0.2, 0.25) is 0 Å². The van der Waals surface area contributed by atoms with Crippen molar-refractivity contribution in [2.75, 3.05) is 13.1 Å². The van der Waals surface area contributed by atoms with Gasteiger partial charge in [-0.3, -0.25) is 14.4 Å². The number of benzene rings is 1. The number of hydrogen-bond acceptors (Lipinski definition) is 5.